The van der Waals surface area contributed by atoms with Crippen molar-refractivity contribution in [3.8, 4) is 17.6 Å². The summed E-state index contributed by atoms with van der Waals surface area (Å²) in [6.45, 7) is 0. The van der Waals surface area contributed by atoms with Crippen molar-refractivity contribution in [1.82, 2.24) is 0 Å². The summed E-state index contributed by atoms with van der Waals surface area (Å²) in [6.07, 6.45) is 0. The zero-order chi connectivity index (χ0) is 15.4. The summed E-state index contributed by atoms with van der Waals surface area (Å²) in [4.78, 5) is 11.7. The van der Waals surface area contributed by atoms with E-state index in [1.165, 1.54) is 43.5 Å². The number of rotatable bonds is 3. The van der Waals surface area contributed by atoms with Gasteiger partial charge in [-0.1, -0.05) is 17.7 Å². The fourth-order valence-corrected chi connectivity index (χ4v) is 1.85. The number of benzene rings is 2. The summed E-state index contributed by atoms with van der Waals surface area (Å²) < 4.78 is 23.7. The Bertz CT molecular complexity index is 720. The molecule has 0 fully saturated rings. The van der Waals surface area contributed by atoms with E-state index in [0.29, 0.717) is 0 Å². The van der Waals surface area contributed by atoms with Crippen LogP contribution in [0, 0.1) is 17.1 Å². The van der Waals surface area contributed by atoms with E-state index in [-0.39, 0.29) is 27.6 Å². The summed E-state index contributed by atoms with van der Waals surface area (Å²) in [5.74, 6) is -1.51. The van der Waals surface area contributed by atoms with Gasteiger partial charge in [-0.2, -0.15) is 5.26 Å². The SMILES string of the molecule is COC(=O)c1cc(C#N)ccc1Oc1c(F)cccc1Cl. The minimum Gasteiger partial charge on any atom is -0.465 e. The lowest BCUT2D eigenvalue weighted by Gasteiger charge is -2.12. The molecule has 0 aliphatic heterocycles. The van der Waals surface area contributed by atoms with Crippen molar-refractivity contribution < 1.29 is 18.7 Å². The van der Waals surface area contributed by atoms with E-state index in [1.807, 2.05) is 6.07 Å². The quantitative estimate of drug-likeness (QED) is 0.806. The van der Waals surface area contributed by atoms with E-state index in [9.17, 15) is 9.18 Å². The number of hydrogen-bond donors (Lipinski definition) is 0. The molecule has 21 heavy (non-hydrogen) atoms. The van der Waals surface area contributed by atoms with Crippen molar-refractivity contribution in [3.63, 3.8) is 0 Å². The van der Waals surface area contributed by atoms with Gasteiger partial charge in [-0.25, -0.2) is 9.18 Å². The average Bonchev–Trinajstić information content (AvgIpc) is 2.50. The molecule has 0 atom stereocenters. The smallest absolute Gasteiger partial charge is 0.341 e. The molecule has 0 aliphatic rings. The molecule has 0 aromatic heterocycles. The van der Waals surface area contributed by atoms with Crippen LogP contribution in [0.15, 0.2) is 36.4 Å². The van der Waals surface area contributed by atoms with Gasteiger partial charge in [0, 0.05) is 0 Å². The van der Waals surface area contributed by atoms with Gasteiger partial charge in [0.25, 0.3) is 0 Å². The number of para-hydroxylation sites is 1. The molecule has 0 unspecified atom stereocenters. The van der Waals surface area contributed by atoms with Crippen LogP contribution in [0.3, 0.4) is 0 Å². The summed E-state index contributed by atoms with van der Waals surface area (Å²) >= 11 is 5.87. The number of halogens is 2. The third-order valence-electron chi connectivity index (χ3n) is 2.64. The molecule has 0 saturated heterocycles. The molecule has 0 spiro atoms. The summed E-state index contributed by atoms with van der Waals surface area (Å²) in [5, 5.41) is 8.93. The molecule has 106 valence electrons. The Morgan fingerprint density at radius 1 is 1.33 bits per heavy atom. The maximum absolute atomic E-state index is 13.7. The van der Waals surface area contributed by atoms with Gasteiger partial charge in [-0.15, -0.1) is 0 Å². The monoisotopic (exact) mass is 305 g/mol. The lowest BCUT2D eigenvalue weighted by atomic mass is 10.1. The highest BCUT2D eigenvalue weighted by atomic mass is 35.5. The zero-order valence-electron chi connectivity index (χ0n) is 10.9. The lowest BCUT2D eigenvalue weighted by Crippen LogP contribution is -2.05. The largest absolute Gasteiger partial charge is 0.465 e. The first-order valence-electron chi connectivity index (χ1n) is 5.81. The molecule has 2 rings (SSSR count). The molecular formula is C15H9ClFNO3. The maximum atomic E-state index is 13.7. The van der Waals surface area contributed by atoms with E-state index >= 15 is 0 Å². The molecule has 2 aromatic rings. The summed E-state index contributed by atoms with van der Waals surface area (Å²) in [7, 11) is 1.20. The minimum absolute atomic E-state index is 0.0101. The standard InChI is InChI=1S/C15H9ClFNO3/c1-20-15(19)10-7-9(8-18)5-6-13(10)21-14-11(16)3-2-4-12(14)17/h2-7H,1H3. The number of esters is 1. The van der Waals surface area contributed by atoms with Crippen LogP contribution in [0.2, 0.25) is 5.02 Å². The third-order valence-corrected chi connectivity index (χ3v) is 2.94. The molecule has 0 heterocycles. The van der Waals surface area contributed by atoms with Crippen LogP contribution in [-0.2, 0) is 4.74 Å². The van der Waals surface area contributed by atoms with Gasteiger partial charge in [0.1, 0.15) is 11.3 Å². The van der Waals surface area contributed by atoms with Crippen LogP contribution in [0.1, 0.15) is 15.9 Å². The fourth-order valence-electron chi connectivity index (χ4n) is 1.65. The highest BCUT2D eigenvalue weighted by Gasteiger charge is 2.17. The van der Waals surface area contributed by atoms with Crippen molar-refractivity contribution in [3.05, 3.63) is 58.4 Å². The highest BCUT2D eigenvalue weighted by molar-refractivity contribution is 6.32. The molecular weight excluding hydrogens is 297 g/mol. The van der Waals surface area contributed by atoms with Crippen molar-refractivity contribution in [1.29, 1.82) is 5.26 Å². The number of carbonyl (C=O) groups excluding carboxylic acids is 1. The van der Waals surface area contributed by atoms with Crippen molar-refractivity contribution in [2.24, 2.45) is 0 Å². The van der Waals surface area contributed by atoms with E-state index in [4.69, 9.17) is 21.6 Å². The third kappa shape index (κ3) is 3.12. The normalized spacial score (nSPS) is 9.81. The number of nitrogens with zero attached hydrogens (tertiary/aromatic N) is 1. The van der Waals surface area contributed by atoms with Gasteiger partial charge in [-0.3, -0.25) is 0 Å². The van der Waals surface area contributed by atoms with E-state index in [1.54, 1.807) is 0 Å². The molecule has 0 radical (unpaired) electrons. The minimum atomic E-state index is -0.699. The molecule has 0 N–H and O–H groups in total. The number of hydrogen-bond acceptors (Lipinski definition) is 4. The van der Waals surface area contributed by atoms with Gasteiger partial charge in [0.05, 0.1) is 23.8 Å². The van der Waals surface area contributed by atoms with Crippen LogP contribution >= 0.6 is 11.6 Å². The molecule has 0 aliphatic carbocycles. The molecule has 0 bridgehead atoms. The number of ether oxygens (including phenoxy) is 2. The first-order chi connectivity index (χ1) is 10.1. The van der Waals surface area contributed by atoms with Gasteiger partial charge in [0.2, 0.25) is 0 Å². The Hall–Kier alpha value is -2.58. The number of nitriles is 1. The highest BCUT2D eigenvalue weighted by Crippen LogP contribution is 2.34. The van der Waals surface area contributed by atoms with Crippen LogP contribution in [0.5, 0.6) is 11.5 Å². The van der Waals surface area contributed by atoms with Gasteiger partial charge < -0.3 is 9.47 Å². The zero-order valence-corrected chi connectivity index (χ0v) is 11.6. The second-order valence-corrected chi connectivity index (χ2v) is 4.37. The number of carbonyl (C=O) groups is 1. The maximum Gasteiger partial charge on any atom is 0.341 e. The first-order valence-corrected chi connectivity index (χ1v) is 6.19. The molecule has 0 saturated carbocycles. The Morgan fingerprint density at radius 3 is 2.71 bits per heavy atom. The Labute approximate surface area is 125 Å². The summed E-state index contributed by atoms with van der Waals surface area (Å²) in [6, 6.07) is 10.1. The second kappa shape index (κ2) is 6.25. The molecule has 2 aromatic carbocycles. The predicted molar refractivity (Wildman–Crippen MR) is 74.0 cm³/mol. The summed E-state index contributed by atoms with van der Waals surface area (Å²) in [5.41, 5.74) is 0.262. The second-order valence-electron chi connectivity index (χ2n) is 3.97. The molecule has 0 amide bonds. The van der Waals surface area contributed by atoms with Crippen LogP contribution < -0.4 is 4.74 Å². The fraction of sp³-hybridized carbons (Fsp3) is 0.0667. The topological polar surface area (TPSA) is 59.3 Å². The first kappa shape index (κ1) is 14.8. The van der Waals surface area contributed by atoms with E-state index in [2.05, 4.69) is 4.74 Å². The molecule has 6 heteroatoms. The Balaban J connectivity index is 2.49. The Kier molecular flexibility index (Phi) is 4.41. The lowest BCUT2D eigenvalue weighted by molar-refractivity contribution is 0.0597. The van der Waals surface area contributed by atoms with Crippen molar-refractivity contribution in [2.75, 3.05) is 7.11 Å². The number of methoxy groups -OCH3 is 1. The van der Waals surface area contributed by atoms with Crippen LogP contribution in [0.25, 0.3) is 0 Å². The van der Waals surface area contributed by atoms with Gasteiger partial charge >= 0.3 is 5.97 Å². The van der Waals surface area contributed by atoms with Crippen LogP contribution in [0.4, 0.5) is 4.39 Å². The molecule has 4 nitrogen and oxygen atoms in total. The van der Waals surface area contributed by atoms with E-state index < -0.39 is 11.8 Å². The van der Waals surface area contributed by atoms with Crippen LogP contribution in [-0.4, -0.2) is 13.1 Å². The van der Waals surface area contributed by atoms with Crippen molar-refractivity contribution in [2.45, 2.75) is 0 Å². The van der Waals surface area contributed by atoms with Gasteiger partial charge in [-0.05, 0) is 30.3 Å². The average molecular weight is 306 g/mol. The van der Waals surface area contributed by atoms with Crippen molar-refractivity contribution >= 4 is 17.6 Å². The van der Waals surface area contributed by atoms with Gasteiger partial charge in [0.15, 0.2) is 11.6 Å². The predicted octanol–water partition coefficient (Wildman–Crippen LogP) is 3.93. The Morgan fingerprint density at radius 2 is 2.10 bits per heavy atom. The van der Waals surface area contributed by atoms with E-state index in [0.717, 1.165) is 0 Å².